The van der Waals surface area contributed by atoms with Crippen LogP contribution in [0.3, 0.4) is 0 Å². The number of halogens is 2. The Morgan fingerprint density at radius 3 is 2.38 bits per heavy atom. The quantitative estimate of drug-likeness (QED) is 0.803. The van der Waals surface area contributed by atoms with Crippen LogP contribution in [0.2, 0.25) is 0 Å². The Hall–Kier alpha value is -2.48. The minimum Gasteiger partial charge on any atom is -0.466 e. The van der Waals surface area contributed by atoms with Gasteiger partial charge in [-0.3, -0.25) is 4.79 Å². The van der Waals surface area contributed by atoms with E-state index in [4.69, 9.17) is 4.42 Å². The van der Waals surface area contributed by atoms with Gasteiger partial charge in [0.2, 0.25) is 0 Å². The van der Waals surface area contributed by atoms with Gasteiger partial charge >= 0.3 is 0 Å². The first-order valence-corrected chi connectivity index (χ1v) is 6.32. The third-order valence-corrected chi connectivity index (χ3v) is 3.47. The van der Waals surface area contributed by atoms with Crippen molar-refractivity contribution in [3.05, 3.63) is 58.0 Å². The van der Waals surface area contributed by atoms with E-state index >= 15 is 0 Å². The molecule has 1 atom stereocenters. The van der Waals surface area contributed by atoms with Crippen molar-refractivity contribution in [2.45, 2.75) is 26.7 Å². The predicted octanol–water partition coefficient (Wildman–Crippen LogP) is 3.97. The maximum Gasteiger partial charge on any atom is 0.188 e. The summed E-state index contributed by atoms with van der Waals surface area (Å²) in [4.78, 5) is 12.5. The summed E-state index contributed by atoms with van der Waals surface area (Å²) >= 11 is 0. The molecule has 0 saturated heterocycles. The Morgan fingerprint density at radius 2 is 1.90 bits per heavy atom. The average molecular weight is 289 g/mol. The van der Waals surface area contributed by atoms with Gasteiger partial charge in [0.1, 0.15) is 29.1 Å². The average Bonchev–Trinajstić information content (AvgIpc) is 2.66. The highest BCUT2D eigenvalue weighted by Crippen LogP contribution is 2.29. The fourth-order valence-electron chi connectivity index (χ4n) is 2.30. The van der Waals surface area contributed by atoms with Gasteiger partial charge < -0.3 is 4.42 Å². The summed E-state index contributed by atoms with van der Waals surface area (Å²) in [7, 11) is 0. The summed E-state index contributed by atoms with van der Waals surface area (Å²) in [5.74, 6) is -2.59. The largest absolute Gasteiger partial charge is 0.466 e. The van der Waals surface area contributed by atoms with E-state index in [0.29, 0.717) is 23.2 Å². The van der Waals surface area contributed by atoms with Crippen LogP contribution in [-0.4, -0.2) is 5.78 Å². The van der Waals surface area contributed by atoms with Gasteiger partial charge in [-0.2, -0.15) is 5.26 Å². The lowest BCUT2D eigenvalue weighted by atomic mass is 9.90. The highest BCUT2D eigenvalue weighted by molar-refractivity contribution is 6.04. The molecule has 0 radical (unpaired) electrons. The molecule has 2 rings (SSSR count). The number of benzene rings is 1. The number of hydrogen-bond donors (Lipinski definition) is 0. The van der Waals surface area contributed by atoms with Gasteiger partial charge in [-0.15, -0.1) is 0 Å². The van der Waals surface area contributed by atoms with Gasteiger partial charge in [0, 0.05) is 17.2 Å². The minimum absolute atomic E-state index is 0.137. The van der Waals surface area contributed by atoms with E-state index in [0.717, 1.165) is 12.1 Å². The van der Waals surface area contributed by atoms with Gasteiger partial charge in [0.05, 0.1) is 11.6 Å². The van der Waals surface area contributed by atoms with E-state index in [1.165, 1.54) is 0 Å². The molecule has 0 aliphatic carbocycles. The lowest BCUT2D eigenvalue weighted by molar-refractivity contribution is 0.0975. The highest BCUT2D eigenvalue weighted by Gasteiger charge is 2.29. The summed E-state index contributed by atoms with van der Waals surface area (Å²) in [5, 5.41) is 9.23. The Bertz CT molecular complexity index is 756. The first-order valence-electron chi connectivity index (χ1n) is 6.32. The van der Waals surface area contributed by atoms with Crippen molar-refractivity contribution in [3.63, 3.8) is 0 Å². The molecule has 0 amide bonds. The van der Waals surface area contributed by atoms with Crippen LogP contribution in [0.25, 0.3) is 0 Å². The van der Waals surface area contributed by atoms with Crippen LogP contribution in [0.5, 0.6) is 0 Å². The number of furan rings is 1. The second-order valence-electron chi connectivity index (χ2n) is 4.81. The fraction of sp³-hybridized carbons (Fsp3) is 0.250. The number of carbonyl (C=O) groups is 1. The van der Waals surface area contributed by atoms with Crippen LogP contribution in [0.1, 0.15) is 38.9 Å². The van der Waals surface area contributed by atoms with Crippen LogP contribution in [0.15, 0.2) is 22.6 Å². The Morgan fingerprint density at radius 1 is 1.24 bits per heavy atom. The maximum absolute atomic E-state index is 13.8. The lowest BCUT2D eigenvalue weighted by Gasteiger charge is -2.10. The summed E-state index contributed by atoms with van der Waals surface area (Å²) in [6.45, 7) is 5.02. The van der Waals surface area contributed by atoms with Crippen LogP contribution in [0, 0.1) is 43.7 Å². The number of hydrogen-bond acceptors (Lipinski definition) is 3. The molecule has 5 heteroatoms. The van der Waals surface area contributed by atoms with Crippen LogP contribution < -0.4 is 0 Å². The molecule has 0 N–H and O–H groups in total. The zero-order chi connectivity index (χ0) is 15.7. The molecular formula is C16H13F2NO2. The molecule has 21 heavy (non-hydrogen) atoms. The predicted molar refractivity (Wildman–Crippen MR) is 72.0 cm³/mol. The fourth-order valence-corrected chi connectivity index (χ4v) is 2.30. The second-order valence-corrected chi connectivity index (χ2v) is 4.81. The SMILES string of the molecule is Cc1oc(C)c(C(=O)C(C#N)c2ccc(F)cc2F)c1C. The first kappa shape index (κ1) is 14.9. The summed E-state index contributed by atoms with van der Waals surface area (Å²) < 4.78 is 32.1. The zero-order valence-corrected chi connectivity index (χ0v) is 11.8. The third-order valence-electron chi connectivity index (χ3n) is 3.47. The molecule has 0 aliphatic heterocycles. The van der Waals surface area contributed by atoms with Crippen LogP contribution >= 0.6 is 0 Å². The molecule has 0 bridgehead atoms. The van der Waals surface area contributed by atoms with Crippen molar-refractivity contribution in [1.82, 2.24) is 0 Å². The van der Waals surface area contributed by atoms with Crippen molar-refractivity contribution in [3.8, 4) is 6.07 Å². The minimum atomic E-state index is -1.33. The molecule has 0 aliphatic rings. The van der Waals surface area contributed by atoms with Crippen molar-refractivity contribution >= 4 is 5.78 Å². The van der Waals surface area contributed by atoms with E-state index in [-0.39, 0.29) is 11.1 Å². The number of aryl methyl sites for hydroxylation is 2. The maximum atomic E-state index is 13.8. The molecule has 1 heterocycles. The van der Waals surface area contributed by atoms with E-state index in [1.54, 1.807) is 26.8 Å². The molecule has 3 nitrogen and oxygen atoms in total. The summed E-state index contributed by atoms with van der Waals surface area (Å²) in [6.07, 6.45) is 0. The van der Waals surface area contributed by atoms with Crippen molar-refractivity contribution in [1.29, 1.82) is 5.26 Å². The Balaban J connectivity index is 2.51. The second kappa shape index (κ2) is 5.49. The van der Waals surface area contributed by atoms with Gasteiger partial charge in [0.15, 0.2) is 5.78 Å². The standard InChI is InChI=1S/C16H13F2NO2/c1-8-9(2)21-10(3)15(8)16(20)13(7-19)12-5-4-11(17)6-14(12)18/h4-6,13H,1-3H3. The number of nitriles is 1. The van der Waals surface area contributed by atoms with Crippen molar-refractivity contribution in [2.24, 2.45) is 0 Å². The van der Waals surface area contributed by atoms with Gasteiger partial charge in [-0.05, 0) is 26.8 Å². The number of nitrogens with zero attached hydrogens (tertiary/aromatic N) is 1. The number of ketones is 1. The molecule has 1 unspecified atom stereocenters. The van der Waals surface area contributed by atoms with Gasteiger partial charge in [-0.1, -0.05) is 6.07 Å². The van der Waals surface area contributed by atoms with Crippen LogP contribution in [-0.2, 0) is 0 Å². The van der Waals surface area contributed by atoms with E-state index < -0.39 is 23.3 Å². The molecule has 0 spiro atoms. The monoisotopic (exact) mass is 289 g/mol. The van der Waals surface area contributed by atoms with E-state index in [1.807, 2.05) is 0 Å². The topological polar surface area (TPSA) is 54.0 Å². The highest BCUT2D eigenvalue weighted by atomic mass is 19.1. The first-order chi connectivity index (χ1) is 9.86. The smallest absolute Gasteiger partial charge is 0.188 e. The number of rotatable bonds is 3. The summed E-state index contributed by atoms with van der Waals surface area (Å²) in [6, 6.07) is 4.59. The molecule has 1 aromatic heterocycles. The van der Waals surface area contributed by atoms with E-state index in [2.05, 4.69) is 0 Å². The lowest BCUT2D eigenvalue weighted by Crippen LogP contribution is -2.14. The third kappa shape index (κ3) is 2.57. The number of Topliss-reactive ketones (excluding diaryl/α,β-unsaturated/α-hetero) is 1. The Kier molecular flexibility index (Phi) is 3.90. The normalized spacial score (nSPS) is 12.0. The Labute approximate surface area is 120 Å². The van der Waals surface area contributed by atoms with Crippen molar-refractivity contribution in [2.75, 3.05) is 0 Å². The van der Waals surface area contributed by atoms with Crippen LogP contribution in [0.4, 0.5) is 8.78 Å². The molecule has 1 aromatic carbocycles. The van der Waals surface area contributed by atoms with Gasteiger partial charge in [0.25, 0.3) is 0 Å². The molecule has 0 fully saturated rings. The van der Waals surface area contributed by atoms with Gasteiger partial charge in [-0.25, -0.2) is 8.78 Å². The van der Waals surface area contributed by atoms with Crippen molar-refractivity contribution < 1.29 is 18.0 Å². The molecule has 0 saturated carbocycles. The molecule has 2 aromatic rings. The summed E-state index contributed by atoms with van der Waals surface area (Å²) in [5.41, 5.74) is 0.768. The molecule has 108 valence electrons. The molecular weight excluding hydrogens is 276 g/mol. The number of carbonyl (C=O) groups excluding carboxylic acids is 1. The zero-order valence-electron chi connectivity index (χ0n) is 11.8. The van der Waals surface area contributed by atoms with E-state index in [9.17, 15) is 18.8 Å².